The van der Waals surface area contributed by atoms with E-state index in [1.165, 1.54) is 0 Å². The second-order valence-corrected chi connectivity index (χ2v) is 1.46. The molecule has 0 rings (SSSR count). The normalized spacial score (nSPS) is 6.75. The van der Waals surface area contributed by atoms with Gasteiger partial charge in [0.1, 0.15) is 6.42 Å². The third-order valence-corrected chi connectivity index (χ3v) is 0.302. The van der Waals surface area contributed by atoms with Gasteiger partial charge in [0, 0.05) is 5.97 Å². The zero-order valence-electron chi connectivity index (χ0n) is 6.73. The molecule has 12 heavy (non-hydrogen) atoms. The molecule has 0 aliphatic rings. The van der Waals surface area contributed by atoms with E-state index in [2.05, 4.69) is 0 Å². The fraction of sp³-hybridized carbons (Fsp3) is 0.400. The number of carboxylic acids is 3. The Balaban J connectivity index is -0.000000142. The fourth-order valence-corrected chi connectivity index (χ4v) is 0.129. The summed E-state index contributed by atoms with van der Waals surface area (Å²) in [7, 11) is 0. The second-order valence-electron chi connectivity index (χ2n) is 1.46. The van der Waals surface area contributed by atoms with Crippen molar-refractivity contribution in [2.45, 2.75) is 13.3 Å². The van der Waals surface area contributed by atoms with E-state index in [1.807, 2.05) is 0 Å². The third-order valence-electron chi connectivity index (χ3n) is 0.302. The Labute approximate surface area is 111 Å². The van der Waals surface area contributed by atoms with Crippen LogP contribution in [-0.4, -0.2) is 28.1 Å². The van der Waals surface area contributed by atoms with Gasteiger partial charge in [-0.3, -0.25) is 9.59 Å². The molecular formula is C5H7KO6. The monoisotopic (exact) mass is 202 g/mol. The zero-order valence-corrected chi connectivity index (χ0v) is 9.86. The Kier molecular flexibility index (Phi) is 16.5. The Morgan fingerprint density at radius 2 is 1.33 bits per heavy atom. The van der Waals surface area contributed by atoms with E-state index in [9.17, 15) is 9.59 Å². The first-order valence-corrected chi connectivity index (χ1v) is 2.47. The van der Waals surface area contributed by atoms with Crippen LogP contribution in [0.4, 0.5) is 0 Å². The van der Waals surface area contributed by atoms with Crippen molar-refractivity contribution in [1.29, 1.82) is 0 Å². The number of hydrogen-bond donors (Lipinski definition) is 2. The average molecular weight is 202 g/mol. The molecule has 0 aromatic rings. The van der Waals surface area contributed by atoms with Gasteiger partial charge in [0.2, 0.25) is 0 Å². The number of aliphatic carboxylic acids is 3. The number of rotatable bonds is 2. The van der Waals surface area contributed by atoms with Crippen LogP contribution in [0.5, 0.6) is 0 Å². The molecule has 0 unspecified atom stereocenters. The van der Waals surface area contributed by atoms with E-state index >= 15 is 0 Å². The number of carbonyl (C=O) groups excluding carboxylic acids is 1. The second kappa shape index (κ2) is 11.0. The smallest absolute Gasteiger partial charge is 0.550 e. The zero-order chi connectivity index (χ0) is 9.44. The van der Waals surface area contributed by atoms with Gasteiger partial charge in [-0.25, -0.2) is 0 Å². The van der Waals surface area contributed by atoms with Crippen LogP contribution in [0.1, 0.15) is 13.3 Å². The minimum absolute atomic E-state index is 0. The third kappa shape index (κ3) is 50.2. The summed E-state index contributed by atoms with van der Waals surface area (Å²) in [6, 6.07) is 0. The summed E-state index contributed by atoms with van der Waals surface area (Å²) in [6.07, 6.45) is -0.806. The quantitative estimate of drug-likeness (QED) is 0.343. The number of carbonyl (C=O) groups is 3. The van der Waals surface area contributed by atoms with Gasteiger partial charge >= 0.3 is 63.3 Å². The molecule has 0 aliphatic heterocycles. The summed E-state index contributed by atoms with van der Waals surface area (Å²) in [5, 5.41) is 24.3. The van der Waals surface area contributed by atoms with E-state index in [1.54, 1.807) is 0 Å². The van der Waals surface area contributed by atoms with Crippen LogP contribution in [0.2, 0.25) is 0 Å². The Morgan fingerprint density at radius 3 is 1.33 bits per heavy atom. The molecule has 0 atom stereocenters. The van der Waals surface area contributed by atoms with Gasteiger partial charge in [0.15, 0.2) is 0 Å². The molecule has 0 aromatic heterocycles. The van der Waals surface area contributed by atoms with Crippen molar-refractivity contribution in [3.63, 3.8) is 0 Å². The summed E-state index contributed by atoms with van der Waals surface area (Å²) < 4.78 is 0. The standard InChI is InChI=1S/C3H4O4.C2H4O2.K/c4-2(5)1-3(6)7;1-2(3)4;/h1H2,(H,4,5)(H,6,7);1H3,(H,3,4);/q;;+1/p-1. The molecule has 0 fully saturated rings. The molecule has 0 aliphatic carbocycles. The van der Waals surface area contributed by atoms with Crippen LogP contribution in [-0.2, 0) is 14.4 Å². The molecule has 0 amide bonds. The predicted molar refractivity (Wildman–Crippen MR) is 30.6 cm³/mol. The molecular weight excluding hydrogens is 195 g/mol. The SMILES string of the molecule is CC(=O)[O-].O=C(O)CC(=O)O.[K+]. The molecule has 0 heterocycles. The Morgan fingerprint density at radius 1 is 1.17 bits per heavy atom. The molecule has 0 saturated heterocycles. The van der Waals surface area contributed by atoms with Crippen molar-refractivity contribution in [3.8, 4) is 0 Å². The van der Waals surface area contributed by atoms with Gasteiger partial charge in [-0.15, -0.1) is 0 Å². The molecule has 7 heteroatoms. The maximum atomic E-state index is 9.43. The first kappa shape index (κ1) is 18.0. The van der Waals surface area contributed by atoms with Crippen molar-refractivity contribution in [2.75, 3.05) is 0 Å². The maximum Gasteiger partial charge on any atom is 1.00 e. The Bertz CT molecular complexity index is 149. The molecule has 2 N–H and O–H groups in total. The Hall–Kier alpha value is 0.0464. The van der Waals surface area contributed by atoms with Crippen molar-refractivity contribution in [3.05, 3.63) is 0 Å². The average Bonchev–Trinajstić information content (AvgIpc) is 1.56. The molecule has 0 saturated carbocycles. The van der Waals surface area contributed by atoms with Crippen molar-refractivity contribution in [1.82, 2.24) is 0 Å². The van der Waals surface area contributed by atoms with Crippen LogP contribution in [0.3, 0.4) is 0 Å². The van der Waals surface area contributed by atoms with Crippen LogP contribution in [0.15, 0.2) is 0 Å². The van der Waals surface area contributed by atoms with Gasteiger partial charge in [0.05, 0.1) is 0 Å². The van der Waals surface area contributed by atoms with E-state index in [-0.39, 0.29) is 51.4 Å². The van der Waals surface area contributed by atoms with Gasteiger partial charge in [0.25, 0.3) is 0 Å². The van der Waals surface area contributed by atoms with Crippen LogP contribution < -0.4 is 56.5 Å². The topological polar surface area (TPSA) is 115 Å². The summed E-state index contributed by atoms with van der Waals surface area (Å²) in [5.74, 6) is -3.71. The van der Waals surface area contributed by atoms with Crippen LogP contribution >= 0.6 is 0 Å². The molecule has 0 aromatic carbocycles. The largest absolute Gasteiger partial charge is 1.00 e. The molecule has 6 nitrogen and oxygen atoms in total. The number of hydrogen-bond acceptors (Lipinski definition) is 4. The maximum absolute atomic E-state index is 9.43. The predicted octanol–water partition coefficient (Wildman–Crippen LogP) is -4.69. The first-order chi connectivity index (χ1) is 4.86. The van der Waals surface area contributed by atoms with Gasteiger partial charge in [-0.05, 0) is 6.92 Å². The molecule has 0 bridgehead atoms. The van der Waals surface area contributed by atoms with Crippen LogP contribution in [0.25, 0.3) is 0 Å². The minimum atomic E-state index is -1.31. The van der Waals surface area contributed by atoms with Gasteiger partial charge in [-0.1, -0.05) is 0 Å². The summed E-state index contributed by atoms with van der Waals surface area (Å²) in [5.41, 5.74) is 0. The molecule has 0 radical (unpaired) electrons. The van der Waals surface area contributed by atoms with Crippen molar-refractivity contribution in [2.24, 2.45) is 0 Å². The van der Waals surface area contributed by atoms with Crippen molar-refractivity contribution >= 4 is 17.9 Å². The van der Waals surface area contributed by atoms with Crippen molar-refractivity contribution < 1.29 is 81.1 Å². The number of carboxylic acid groups (broad SMARTS) is 3. The van der Waals surface area contributed by atoms with E-state index in [0.717, 1.165) is 6.92 Å². The summed E-state index contributed by atoms with van der Waals surface area (Å²) in [4.78, 5) is 27.7. The summed E-state index contributed by atoms with van der Waals surface area (Å²) in [6.45, 7) is 0.972. The van der Waals surface area contributed by atoms with Crippen LogP contribution in [0, 0.1) is 0 Å². The molecule has 0 spiro atoms. The molecule has 64 valence electrons. The van der Waals surface area contributed by atoms with E-state index < -0.39 is 24.3 Å². The van der Waals surface area contributed by atoms with Gasteiger partial charge in [-0.2, -0.15) is 0 Å². The van der Waals surface area contributed by atoms with E-state index in [0.29, 0.717) is 0 Å². The van der Waals surface area contributed by atoms with Gasteiger partial charge < -0.3 is 20.1 Å². The summed E-state index contributed by atoms with van der Waals surface area (Å²) >= 11 is 0. The van der Waals surface area contributed by atoms with E-state index in [4.69, 9.17) is 20.1 Å². The fourth-order valence-electron chi connectivity index (χ4n) is 0.129. The minimum Gasteiger partial charge on any atom is -0.550 e. The first-order valence-electron chi connectivity index (χ1n) is 2.47.